The van der Waals surface area contributed by atoms with Gasteiger partial charge in [0.2, 0.25) is 5.13 Å². The molecule has 10 heteroatoms. The first kappa shape index (κ1) is 15.1. The highest BCUT2D eigenvalue weighted by Gasteiger charge is 2.20. The van der Waals surface area contributed by atoms with E-state index in [9.17, 15) is 4.79 Å². The number of amides is 1. The van der Waals surface area contributed by atoms with Gasteiger partial charge in [0.05, 0.1) is 11.3 Å². The monoisotopic (exact) mass is 345 g/mol. The summed E-state index contributed by atoms with van der Waals surface area (Å²) in [7, 11) is 0. The van der Waals surface area contributed by atoms with Crippen molar-refractivity contribution in [3.63, 3.8) is 0 Å². The van der Waals surface area contributed by atoms with Crippen LogP contribution >= 0.6 is 22.7 Å². The molecule has 0 saturated heterocycles. The smallest absolute Gasteiger partial charge is 0.269 e. The van der Waals surface area contributed by atoms with Crippen LogP contribution in [0.5, 0.6) is 0 Å². The molecule has 0 atom stereocenters. The van der Waals surface area contributed by atoms with Crippen LogP contribution in [0.3, 0.4) is 0 Å². The van der Waals surface area contributed by atoms with Crippen molar-refractivity contribution in [1.82, 2.24) is 15.2 Å². The summed E-state index contributed by atoms with van der Waals surface area (Å²) in [6, 6.07) is 3.49. The minimum Gasteiger partial charge on any atom is -0.397 e. The molecule has 3 rings (SSSR count). The fraction of sp³-hybridized carbons (Fsp3) is 0.154. The van der Waals surface area contributed by atoms with E-state index in [2.05, 4.69) is 20.5 Å². The molecule has 0 radical (unpaired) electrons. The number of nitrogen functional groups attached to an aromatic ring is 2. The average Bonchev–Trinajstić information content (AvgIpc) is 3.11. The van der Waals surface area contributed by atoms with Crippen molar-refractivity contribution in [2.75, 3.05) is 16.8 Å². The van der Waals surface area contributed by atoms with Crippen molar-refractivity contribution in [3.8, 4) is 6.07 Å². The van der Waals surface area contributed by atoms with Gasteiger partial charge in [-0.25, -0.2) is 4.98 Å². The number of nitrogens with one attached hydrogen (secondary N) is 1. The molecule has 0 bridgehead atoms. The summed E-state index contributed by atoms with van der Waals surface area (Å²) >= 11 is 2.42. The maximum atomic E-state index is 12.4. The second kappa shape index (κ2) is 5.79. The highest BCUT2D eigenvalue weighted by atomic mass is 32.1. The summed E-state index contributed by atoms with van der Waals surface area (Å²) in [6.07, 6.45) is 0.749. The highest BCUT2D eigenvalue weighted by molar-refractivity contribution is 7.21. The molecule has 3 heterocycles. The van der Waals surface area contributed by atoms with E-state index < -0.39 is 0 Å². The number of hydrogen-bond acceptors (Lipinski definition) is 9. The van der Waals surface area contributed by atoms with Crippen LogP contribution in [0.2, 0.25) is 0 Å². The van der Waals surface area contributed by atoms with Crippen LogP contribution in [0.15, 0.2) is 6.07 Å². The number of anilines is 3. The van der Waals surface area contributed by atoms with E-state index in [1.54, 1.807) is 6.07 Å². The van der Waals surface area contributed by atoms with Crippen LogP contribution in [0, 0.1) is 11.3 Å². The van der Waals surface area contributed by atoms with Crippen LogP contribution in [-0.2, 0) is 6.42 Å². The van der Waals surface area contributed by atoms with Gasteiger partial charge in [0.1, 0.15) is 26.6 Å². The zero-order chi connectivity index (χ0) is 16.6. The molecule has 0 spiro atoms. The number of thiophene rings is 1. The normalized spacial score (nSPS) is 10.6. The zero-order valence-corrected chi connectivity index (χ0v) is 13.6. The predicted octanol–water partition coefficient (Wildman–Crippen LogP) is 2.00. The average molecular weight is 345 g/mol. The van der Waals surface area contributed by atoms with Crippen molar-refractivity contribution >= 4 is 55.4 Å². The SMILES string of the molecule is CCc1nnc(NC(=O)c2sc3nc(N)c(C#N)cc3c2N)s1. The molecule has 0 saturated carbocycles. The van der Waals surface area contributed by atoms with Crippen LogP contribution in [0.4, 0.5) is 16.6 Å². The van der Waals surface area contributed by atoms with Crippen LogP contribution in [0.1, 0.15) is 27.2 Å². The number of aromatic nitrogens is 3. The molecule has 0 aliphatic rings. The van der Waals surface area contributed by atoms with Crippen molar-refractivity contribution in [3.05, 3.63) is 21.5 Å². The number of aryl methyl sites for hydroxylation is 1. The maximum Gasteiger partial charge on any atom is 0.269 e. The molecule has 23 heavy (non-hydrogen) atoms. The van der Waals surface area contributed by atoms with E-state index in [0.717, 1.165) is 22.8 Å². The Morgan fingerprint density at radius 1 is 1.39 bits per heavy atom. The third-order valence-electron chi connectivity index (χ3n) is 3.07. The van der Waals surface area contributed by atoms with E-state index in [-0.39, 0.29) is 23.0 Å². The van der Waals surface area contributed by atoms with Crippen molar-refractivity contribution < 1.29 is 4.79 Å². The Bertz CT molecular complexity index is 953. The van der Waals surface area contributed by atoms with E-state index in [0.29, 0.717) is 20.2 Å². The predicted molar refractivity (Wildman–Crippen MR) is 90.4 cm³/mol. The van der Waals surface area contributed by atoms with Crippen LogP contribution in [-0.4, -0.2) is 21.1 Å². The Hall–Kier alpha value is -2.77. The van der Waals surface area contributed by atoms with Crippen molar-refractivity contribution in [2.45, 2.75) is 13.3 Å². The topological polar surface area (TPSA) is 144 Å². The molecule has 0 aromatic carbocycles. The highest BCUT2D eigenvalue weighted by Crippen LogP contribution is 2.34. The second-order valence-electron chi connectivity index (χ2n) is 4.54. The first-order chi connectivity index (χ1) is 11.0. The van der Waals surface area contributed by atoms with Gasteiger partial charge >= 0.3 is 0 Å². The van der Waals surface area contributed by atoms with Gasteiger partial charge in [-0.15, -0.1) is 21.5 Å². The number of fused-ring (bicyclic) bond motifs is 1. The summed E-state index contributed by atoms with van der Waals surface area (Å²) in [6.45, 7) is 1.96. The molecular formula is C13H11N7OS2. The maximum absolute atomic E-state index is 12.4. The Balaban J connectivity index is 1.97. The second-order valence-corrected chi connectivity index (χ2v) is 6.60. The Morgan fingerprint density at radius 2 is 2.17 bits per heavy atom. The number of rotatable bonds is 3. The lowest BCUT2D eigenvalue weighted by Crippen LogP contribution is -2.11. The molecule has 3 aromatic rings. The van der Waals surface area contributed by atoms with Crippen molar-refractivity contribution in [1.29, 1.82) is 5.26 Å². The van der Waals surface area contributed by atoms with Gasteiger partial charge in [-0.05, 0) is 12.5 Å². The Kier molecular flexibility index (Phi) is 3.81. The summed E-state index contributed by atoms with van der Waals surface area (Å²) < 4.78 is 0. The van der Waals surface area contributed by atoms with Gasteiger partial charge in [0.15, 0.2) is 0 Å². The minimum absolute atomic E-state index is 0.116. The zero-order valence-electron chi connectivity index (χ0n) is 12.0. The molecular weight excluding hydrogens is 334 g/mol. The van der Waals surface area contributed by atoms with E-state index >= 15 is 0 Å². The van der Waals surface area contributed by atoms with Gasteiger partial charge in [0, 0.05) is 5.39 Å². The number of nitriles is 1. The minimum atomic E-state index is -0.388. The van der Waals surface area contributed by atoms with E-state index in [4.69, 9.17) is 16.7 Å². The largest absolute Gasteiger partial charge is 0.397 e. The summed E-state index contributed by atoms with van der Waals surface area (Å²) in [5.41, 5.74) is 12.2. The van der Waals surface area contributed by atoms with Crippen molar-refractivity contribution in [2.24, 2.45) is 0 Å². The fourth-order valence-electron chi connectivity index (χ4n) is 1.91. The van der Waals surface area contributed by atoms with E-state index in [1.807, 2.05) is 13.0 Å². The Morgan fingerprint density at radius 3 is 2.83 bits per heavy atom. The molecule has 5 N–H and O–H groups in total. The number of carbonyl (C=O) groups excluding carboxylic acids is 1. The molecule has 116 valence electrons. The van der Waals surface area contributed by atoms with Gasteiger partial charge in [-0.2, -0.15) is 5.26 Å². The van der Waals surface area contributed by atoms with Gasteiger partial charge in [-0.3, -0.25) is 10.1 Å². The molecule has 0 aliphatic carbocycles. The van der Waals surface area contributed by atoms with Crippen LogP contribution < -0.4 is 16.8 Å². The third kappa shape index (κ3) is 2.67. The van der Waals surface area contributed by atoms with Gasteiger partial charge < -0.3 is 11.5 Å². The van der Waals surface area contributed by atoms with Crippen LogP contribution in [0.25, 0.3) is 10.2 Å². The summed E-state index contributed by atoms with van der Waals surface area (Å²) in [4.78, 5) is 17.3. The lowest BCUT2D eigenvalue weighted by molar-refractivity contribution is 0.103. The Labute approximate surface area is 138 Å². The number of pyridine rings is 1. The summed E-state index contributed by atoms with van der Waals surface area (Å²) in [5, 5.41) is 21.3. The lowest BCUT2D eigenvalue weighted by Gasteiger charge is -1.99. The lowest BCUT2D eigenvalue weighted by atomic mass is 10.2. The molecule has 3 aromatic heterocycles. The van der Waals surface area contributed by atoms with Gasteiger partial charge in [0.25, 0.3) is 5.91 Å². The number of hydrogen-bond donors (Lipinski definition) is 3. The first-order valence-electron chi connectivity index (χ1n) is 6.55. The standard InChI is InChI=1S/C13H11N7OS2/c1-2-7-19-20-13(22-7)18-11(21)9-8(15)6-3-5(4-14)10(16)17-12(6)23-9/h3H,2,15H2,1H3,(H2,16,17)(H,18,20,21). The number of nitrogens with two attached hydrogens (primary N) is 2. The molecule has 0 unspecified atom stereocenters. The molecule has 0 fully saturated rings. The fourth-order valence-corrected chi connectivity index (χ4v) is 3.57. The molecule has 8 nitrogen and oxygen atoms in total. The molecule has 1 amide bonds. The van der Waals surface area contributed by atoms with Gasteiger partial charge in [-0.1, -0.05) is 18.3 Å². The quantitative estimate of drug-likeness (QED) is 0.658. The third-order valence-corrected chi connectivity index (χ3v) is 5.16. The number of carbonyl (C=O) groups is 1. The first-order valence-corrected chi connectivity index (χ1v) is 8.19. The number of nitrogens with zero attached hydrogens (tertiary/aromatic N) is 4. The molecule has 0 aliphatic heterocycles. The van der Waals surface area contributed by atoms with E-state index in [1.165, 1.54) is 11.3 Å². The summed E-state index contributed by atoms with van der Waals surface area (Å²) in [5.74, 6) is -0.272.